The number of nitrogens with zero attached hydrogens (tertiary/aromatic N) is 2. The molecule has 9 aliphatic heterocycles. The number of aliphatic hydroxyl groups is 1. The zero-order chi connectivity index (χ0) is 38.9. The summed E-state index contributed by atoms with van der Waals surface area (Å²) in [6.45, 7) is 15.3. The summed E-state index contributed by atoms with van der Waals surface area (Å²) >= 11 is 0. The molecule has 8 nitrogen and oxygen atoms in total. The number of fused-ring (bicyclic) bond motifs is 2. The number of carbonyl (C=O) groups is 2. The van der Waals surface area contributed by atoms with E-state index in [1.54, 1.807) is 11.3 Å². The van der Waals surface area contributed by atoms with Gasteiger partial charge in [0.2, 0.25) is 0 Å². The van der Waals surface area contributed by atoms with Gasteiger partial charge in [0.05, 0.1) is 11.0 Å². The highest BCUT2D eigenvalue weighted by molar-refractivity contribution is 5.99. The molecule has 10 bridgehead atoms. The summed E-state index contributed by atoms with van der Waals surface area (Å²) < 4.78 is 13.7. The summed E-state index contributed by atoms with van der Waals surface area (Å²) in [4.78, 5) is 35.4. The maximum atomic E-state index is 15.3. The number of ether oxygens (including phenoxy) is 2. The smallest absolute Gasteiger partial charge is 0.339 e. The zero-order valence-corrected chi connectivity index (χ0v) is 34.6. The number of piperidine rings is 2. The quantitative estimate of drug-likeness (QED) is 0.201. The highest BCUT2D eigenvalue weighted by Gasteiger charge is 2.91. The maximum absolute atomic E-state index is 15.3. The van der Waals surface area contributed by atoms with Gasteiger partial charge in [-0.1, -0.05) is 76.0 Å². The molecule has 3 saturated heterocycles. The van der Waals surface area contributed by atoms with Crippen molar-refractivity contribution in [3.8, 4) is 0 Å². The molecule has 1 saturated carbocycles. The van der Waals surface area contributed by atoms with Crippen LogP contribution in [0, 0.1) is 52.3 Å². The normalized spacial score (nSPS) is 41.0. The van der Waals surface area contributed by atoms with Crippen molar-refractivity contribution in [2.45, 2.75) is 136 Å². The van der Waals surface area contributed by atoms with Crippen molar-refractivity contribution < 1.29 is 24.2 Å². The predicted molar refractivity (Wildman–Crippen MR) is 216 cm³/mol. The van der Waals surface area contributed by atoms with Crippen LogP contribution in [0.5, 0.6) is 0 Å². The van der Waals surface area contributed by atoms with Crippen LogP contribution < -0.4 is 5.73 Å². The van der Waals surface area contributed by atoms with E-state index in [0.29, 0.717) is 72.8 Å². The van der Waals surface area contributed by atoms with Crippen molar-refractivity contribution in [2.24, 2.45) is 58.0 Å². The van der Waals surface area contributed by atoms with E-state index in [2.05, 4.69) is 62.6 Å². The maximum Gasteiger partial charge on any atom is 0.339 e. The Balaban J connectivity index is 1.22. The molecule has 8 heteroatoms. The fourth-order valence-electron chi connectivity index (χ4n) is 14.7. The Hall–Kier alpha value is -3.10. The van der Waals surface area contributed by atoms with E-state index in [1.807, 2.05) is 6.07 Å². The summed E-state index contributed by atoms with van der Waals surface area (Å²) in [6, 6.07) is 6.84. The van der Waals surface area contributed by atoms with Crippen molar-refractivity contribution >= 4 is 11.9 Å². The topological polar surface area (TPSA) is 105 Å². The molecule has 0 amide bonds. The number of allylic oxidation sites excluding steroid dienone is 2. The number of aryl methyl sites for hydroxylation is 1. The van der Waals surface area contributed by atoms with Crippen LogP contribution in [0.15, 0.2) is 52.6 Å². The van der Waals surface area contributed by atoms with Gasteiger partial charge in [-0.2, -0.15) is 0 Å². The number of rotatable bonds is 8. The molecular weight excluding hydrogens is 699 g/mol. The first-order valence-electron chi connectivity index (χ1n) is 22.6. The average Bonchev–Trinajstić information content (AvgIpc) is 3.63. The van der Waals surface area contributed by atoms with Gasteiger partial charge in [-0.05, 0) is 113 Å². The van der Waals surface area contributed by atoms with Gasteiger partial charge in [-0.25, -0.2) is 4.79 Å². The first kappa shape index (κ1) is 37.2. The van der Waals surface area contributed by atoms with Crippen LogP contribution in [0.2, 0.25) is 0 Å². The largest absolute Gasteiger partial charge is 0.509 e. The molecule has 2 spiro atoms. The number of carbonyl (C=O) groups excluding carboxylic acids is 2. The van der Waals surface area contributed by atoms with Crippen LogP contribution >= 0.6 is 0 Å². The molecule has 12 aliphatic rings. The van der Waals surface area contributed by atoms with E-state index in [0.717, 1.165) is 69.3 Å². The van der Waals surface area contributed by atoms with Gasteiger partial charge in [-0.3, -0.25) is 9.69 Å². The lowest BCUT2D eigenvalue weighted by molar-refractivity contribution is -0.274. The number of esters is 2. The van der Waals surface area contributed by atoms with Crippen LogP contribution in [0.1, 0.15) is 133 Å². The van der Waals surface area contributed by atoms with Gasteiger partial charge in [-0.15, -0.1) is 0 Å². The van der Waals surface area contributed by atoms with E-state index in [1.165, 1.54) is 31.3 Å². The number of benzene rings is 1. The highest BCUT2D eigenvalue weighted by Crippen LogP contribution is 2.85. The van der Waals surface area contributed by atoms with Gasteiger partial charge in [0.1, 0.15) is 11.2 Å². The van der Waals surface area contributed by atoms with Crippen LogP contribution in [0.25, 0.3) is 0 Å². The molecule has 3 N–H and O–H groups in total. The van der Waals surface area contributed by atoms with Crippen LogP contribution in [-0.4, -0.2) is 65.1 Å². The van der Waals surface area contributed by atoms with Crippen molar-refractivity contribution in [1.29, 1.82) is 0 Å². The molecule has 0 aromatic heterocycles. The lowest BCUT2D eigenvalue weighted by atomic mass is 9.31. The Bertz CT molecular complexity index is 1930. The fourth-order valence-corrected chi connectivity index (χ4v) is 14.7. The molecule has 0 radical (unpaired) electrons. The SMILES string of the molecule is CC(C)CCC(C)CC1C23C=C4CCC2(C(=C(O)CC(C)N2CC5CC(C2)C2CCC6=C(C4CC(C)C6)N2C5)OC3=O)C12OC(=O)c1c(CCCN)cccc12. The second kappa shape index (κ2) is 13.2. The molecule has 56 heavy (non-hydrogen) atoms. The van der Waals surface area contributed by atoms with Gasteiger partial charge < -0.3 is 25.2 Å². The fraction of sp³-hybridized carbons (Fsp3) is 0.708. The molecule has 12 atom stereocenters. The third-order valence-electron chi connectivity index (χ3n) is 16.8. The second-order valence-electron chi connectivity index (χ2n) is 20.6. The highest BCUT2D eigenvalue weighted by atomic mass is 16.6. The summed E-state index contributed by atoms with van der Waals surface area (Å²) in [5.74, 6) is 2.61. The number of hydrogen-bond donors (Lipinski definition) is 2. The van der Waals surface area contributed by atoms with Crippen molar-refractivity contribution in [1.82, 2.24) is 9.80 Å². The minimum atomic E-state index is -1.12. The Morgan fingerprint density at radius 3 is 2.68 bits per heavy atom. The number of nitrogens with two attached hydrogens (primary N) is 1. The Morgan fingerprint density at radius 1 is 1.04 bits per heavy atom. The number of aliphatic hydroxyl groups excluding tert-OH is 1. The summed E-state index contributed by atoms with van der Waals surface area (Å²) in [5, 5.41) is 12.6. The molecular formula is C48H65N3O5. The van der Waals surface area contributed by atoms with E-state index in [4.69, 9.17) is 15.2 Å². The van der Waals surface area contributed by atoms with Crippen molar-refractivity contribution in [2.75, 3.05) is 26.2 Å². The van der Waals surface area contributed by atoms with Crippen molar-refractivity contribution in [3.05, 3.63) is 69.3 Å². The Kier molecular flexibility index (Phi) is 8.77. The molecule has 12 unspecified atom stereocenters. The molecule has 1 aromatic carbocycles. The van der Waals surface area contributed by atoms with Gasteiger partial charge >= 0.3 is 11.9 Å². The lowest BCUT2D eigenvalue weighted by Crippen LogP contribution is -2.75. The van der Waals surface area contributed by atoms with Crippen LogP contribution in [0.4, 0.5) is 0 Å². The van der Waals surface area contributed by atoms with Crippen molar-refractivity contribution in [3.63, 3.8) is 0 Å². The molecule has 1 aromatic rings. The second-order valence-corrected chi connectivity index (χ2v) is 20.6. The van der Waals surface area contributed by atoms with Crippen LogP contribution in [0.3, 0.4) is 0 Å². The Morgan fingerprint density at radius 2 is 1.88 bits per heavy atom. The van der Waals surface area contributed by atoms with Gasteiger partial charge in [0.25, 0.3) is 0 Å². The third-order valence-corrected chi connectivity index (χ3v) is 16.8. The first-order valence-corrected chi connectivity index (χ1v) is 22.6. The minimum Gasteiger partial charge on any atom is -0.509 e. The van der Waals surface area contributed by atoms with Gasteiger partial charge in [0.15, 0.2) is 11.4 Å². The summed E-state index contributed by atoms with van der Waals surface area (Å²) in [6.07, 6.45) is 14.5. The minimum absolute atomic E-state index is 0.0788. The van der Waals surface area contributed by atoms with E-state index in [9.17, 15) is 9.90 Å². The standard InChI is InChI=1S/C48H65N3O5/c1-27(2)11-12-28(3)20-40-46-23-34-15-16-47(46,48(40)37-10-6-8-32(9-7-17-49)41(37)44(53)56-48)43(55-45(46)54)39(52)21-30(5)50-24-31-22-35(26-50)38-14-13-33-18-29(4)19-36(34)42(33)51(38)25-31/h6,8,10,23,27-31,35-36,38,40,52H,7,9,11-22,24-26,49H2,1-5H3. The number of hydrogen-bond acceptors (Lipinski definition) is 8. The van der Waals surface area contributed by atoms with Gasteiger partial charge in [0, 0.05) is 61.2 Å². The molecule has 13 rings (SSSR count). The first-order chi connectivity index (χ1) is 26.9. The average molecular weight is 764 g/mol. The molecule has 4 fully saturated rings. The molecule has 9 heterocycles. The van der Waals surface area contributed by atoms with E-state index < -0.39 is 16.4 Å². The molecule has 3 aliphatic carbocycles. The van der Waals surface area contributed by atoms with E-state index in [-0.39, 0.29) is 35.6 Å². The molecule has 302 valence electrons. The lowest BCUT2D eigenvalue weighted by Gasteiger charge is -2.69. The summed E-state index contributed by atoms with van der Waals surface area (Å²) in [7, 11) is 0. The monoisotopic (exact) mass is 763 g/mol. The predicted octanol–water partition coefficient (Wildman–Crippen LogP) is 8.56. The third kappa shape index (κ3) is 4.90. The van der Waals surface area contributed by atoms with Crippen LogP contribution in [-0.2, 0) is 26.3 Å². The van der Waals surface area contributed by atoms with E-state index >= 15 is 4.79 Å². The Labute approximate surface area is 334 Å². The summed E-state index contributed by atoms with van der Waals surface area (Å²) in [5.41, 5.74) is 9.95. The zero-order valence-electron chi connectivity index (χ0n) is 34.6.